The highest BCUT2D eigenvalue weighted by atomic mass is 16.6. The normalized spacial score (nSPS) is 27.6. The van der Waals surface area contributed by atoms with Crippen LogP contribution in [0.15, 0.2) is 0 Å². The second kappa shape index (κ2) is 3.91. The molecule has 2 unspecified atom stereocenters. The second-order valence-corrected chi connectivity index (χ2v) is 2.43. The van der Waals surface area contributed by atoms with Crippen LogP contribution >= 0.6 is 0 Å². The molecule has 60 valence electrons. The third kappa shape index (κ3) is 1.68. The number of methoxy groups -OCH3 is 2. The second-order valence-electron chi connectivity index (χ2n) is 2.43. The largest absolute Gasteiger partial charge is 0.382 e. The average molecular weight is 146 g/mol. The van der Waals surface area contributed by atoms with Gasteiger partial charge >= 0.3 is 0 Å². The van der Waals surface area contributed by atoms with Crippen LogP contribution in [0.4, 0.5) is 0 Å². The van der Waals surface area contributed by atoms with Crippen LogP contribution < -0.4 is 0 Å². The maximum Gasteiger partial charge on any atom is 0.107 e. The van der Waals surface area contributed by atoms with Crippen LogP contribution in [0.25, 0.3) is 0 Å². The zero-order valence-corrected chi connectivity index (χ0v) is 6.50. The summed E-state index contributed by atoms with van der Waals surface area (Å²) in [6.07, 6.45) is 1.49. The van der Waals surface area contributed by atoms with Crippen molar-refractivity contribution in [1.29, 1.82) is 0 Å². The maximum atomic E-state index is 5.23. The molecule has 1 aliphatic heterocycles. The van der Waals surface area contributed by atoms with Gasteiger partial charge in [-0.05, 0) is 6.42 Å². The minimum Gasteiger partial charge on any atom is -0.382 e. The Labute approximate surface area is 61.3 Å². The summed E-state index contributed by atoms with van der Waals surface area (Å²) >= 11 is 0. The fraction of sp³-hybridized carbons (Fsp3) is 1.00. The molecule has 0 N–H and O–H groups in total. The van der Waals surface area contributed by atoms with E-state index >= 15 is 0 Å². The van der Waals surface area contributed by atoms with Gasteiger partial charge in [0.15, 0.2) is 0 Å². The molecule has 0 bridgehead atoms. The van der Waals surface area contributed by atoms with Gasteiger partial charge in [-0.15, -0.1) is 0 Å². The standard InChI is InChI=1S/C7H14O3/c1-8-5-7(9-2)6-3-4-10-6/h6-7H,3-5H2,1-2H3. The van der Waals surface area contributed by atoms with Crippen molar-refractivity contribution < 1.29 is 14.2 Å². The van der Waals surface area contributed by atoms with E-state index in [-0.39, 0.29) is 12.2 Å². The maximum absolute atomic E-state index is 5.23. The van der Waals surface area contributed by atoms with Crippen molar-refractivity contribution in [3.63, 3.8) is 0 Å². The van der Waals surface area contributed by atoms with E-state index in [4.69, 9.17) is 14.2 Å². The summed E-state index contributed by atoms with van der Waals surface area (Å²) in [6.45, 7) is 1.50. The van der Waals surface area contributed by atoms with Crippen LogP contribution in [0.5, 0.6) is 0 Å². The lowest BCUT2D eigenvalue weighted by Gasteiger charge is -2.32. The predicted molar refractivity (Wildman–Crippen MR) is 37.0 cm³/mol. The van der Waals surface area contributed by atoms with E-state index in [1.165, 1.54) is 0 Å². The van der Waals surface area contributed by atoms with Crippen molar-refractivity contribution in [3.8, 4) is 0 Å². The highest BCUT2D eigenvalue weighted by Crippen LogP contribution is 2.17. The van der Waals surface area contributed by atoms with E-state index in [0.717, 1.165) is 13.0 Å². The SMILES string of the molecule is COCC(OC)C1CCO1. The zero-order valence-electron chi connectivity index (χ0n) is 6.50. The Kier molecular flexibility index (Phi) is 3.12. The molecule has 0 amide bonds. The fourth-order valence-corrected chi connectivity index (χ4v) is 1.04. The summed E-state index contributed by atoms with van der Waals surface area (Å²) in [5, 5.41) is 0. The van der Waals surface area contributed by atoms with Crippen molar-refractivity contribution in [2.24, 2.45) is 0 Å². The van der Waals surface area contributed by atoms with Crippen LogP contribution in [0.1, 0.15) is 6.42 Å². The molecule has 2 atom stereocenters. The number of rotatable bonds is 4. The van der Waals surface area contributed by atoms with Gasteiger partial charge in [-0.3, -0.25) is 0 Å². The molecule has 3 heteroatoms. The monoisotopic (exact) mass is 146 g/mol. The Morgan fingerprint density at radius 3 is 2.60 bits per heavy atom. The molecule has 0 saturated carbocycles. The molecular weight excluding hydrogens is 132 g/mol. The van der Waals surface area contributed by atoms with Gasteiger partial charge in [0.1, 0.15) is 6.10 Å². The minimum atomic E-state index is 0.124. The number of hydrogen-bond donors (Lipinski definition) is 0. The third-order valence-corrected chi connectivity index (χ3v) is 1.78. The first kappa shape index (κ1) is 7.98. The van der Waals surface area contributed by atoms with Crippen molar-refractivity contribution in [2.45, 2.75) is 18.6 Å². The molecule has 3 nitrogen and oxygen atoms in total. The van der Waals surface area contributed by atoms with Crippen LogP contribution in [-0.4, -0.2) is 39.6 Å². The van der Waals surface area contributed by atoms with E-state index in [2.05, 4.69) is 0 Å². The van der Waals surface area contributed by atoms with Gasteiger partial charge in [0.05, 0.1) is 12.7 Å². The number of hydrogen-bond acceptors (Lipinski definition) is 3. The zero-order chi connectivity index (χ0) is 7.40. The Bertz CT molecular complexity index is 90.9. The molecule has 1 saturated heterocycles. The van der Waals surface area contributed by atoms with Crippen molar-refractivity contribution in [1.82, 2.24) is 0 Å². The lowest BCUT2D eigenvalue weighted by atomic mass is 10.1. The van der Waals surface area contributed by atoms with Crippen molar-refractivity contribution >= 4 is 0 Å². The molecule has 10 heavy (non-hydrogen) atoms. The van der Waals surface area contributed by atoms with Crippen LogP contribution in [0.2, 0.25) is 0 Å². The third-order valence-electron chi connectivity index (χ3n) is 1.78. The Hall–Kier alpha value is -0.120. The molecule has 1 fully saturated rings. The molecule has 1 rings (SSSR count). The average Bonchev–Trinajstić information content (AvgIpc) is 1.83. The molecule has 0 aromatic heterocycles. The van der Waals surface area contributed by atoms with E-state index in [0.29, 0.717) is 6.61 Å². The van der Waals surface area contributed by atoms with Crippen molar-refractivity contribution in [2.75, 3.05) is 27.4 Å². The highest BCUT2D eigenvalue weighted by molar-refractivity contribution is 4.76. The Morgan fingerprint density at radius 2 is 2.30 bits per heavy atom. The fourth-order valence-electron chi connectivity index (χ4n) is 1.04. The Balaban J connectivity index is 2.17. The van der Waals surface area contributed by atoms with Gasteiger partial charge in [-0.2, -0.15) is 0 Å². The highest BCUT2D eigenvalue weighted by Gasteiger charge is 2.27. The molecule has 0 spiro atoms. The summed E-state index contributed by atoms with van der Waals surface area (Å²) in [5.74, 6) is 0. The lowest BCUT2D eigenvalue weighted by molar-refractivity contribution is -0.143. The molecular formula is C7H14O3. The van der Waals surface area contributed by atoms with Gasteiger partial charge in [0, 0.05) is 20.8 Å². The quantitative estimate of drug-likeness (QED) is 0.576. The van der Waals surface area contributed by atoms with Gasteiger partial charge in [0.25, 0.3) is 0 Å². The van der Waals surface area contributed by atoms with Gasteiger partial charge in [-0.1, -0.05) is 0 Å². The molecule has 0 radical (unpaired) electrons. The van der Waals surface area contributed by atoms with E-state index in [1.807, 2.05) is 0 Å². The molecule has 0 aromatic carbocycles. The van der Waals surface area contributed by atoms with E-state index in [9.17, 15) is 0 Å². The van der Waals surface area contributed by atoms with Gasteiger partial charge in [-0.25, -0.2) is 0 Å². The lowest BCUT2D eigenvalue weighted by Crippen LogP contribution is -2.41. The molecule has 1 aliphatic rings. The summed E-state index contributed by atoms with van der Waals surface area (Å²) < 4.78 is 15.3. The van der Waals surface area contributed by atoms with Crippen LogP contribution in [0, 0.1) is 0 Å². The minimum absolute atomic E-state index is 0.124. The number of ether oxygens (including phenoxy) is 3. The van der Waals surface area contributed by atoms with Crippen LogP contribution in [0.3, 0.4) is 0 Å². The van der Waals surface area contributed by atoms with Gasteiger partial charge < -0.3 is 14.2 Å². The van der Waals surface area contributed by atoms with E-state index in [1.54, 1.807) is 14.2 Å². The first-order chi connectivity index (χ1) is 4.88. The van der Waals surface area contributed by atoms with Crippen LogP contribution in [-0.2, 0) is 14.2 Å². The smallest absolute Gasteiger partial charge is 0.107 e. The first-order valence-corrected chi connectivity index (χ1v) is 3.52. The van der Waals surface area contributed by atoms with Gasteiger partial charge in [0.2, 0.25) is 0 Å². The molecule has 0 aliphatic carbocycles. The summed E-state index contributed by atoms with van der Waals surface area (Å²) in [6, 6.07) is 0. The predicted octanol–water partition coefficient (Wildman–Crippen LogP) is 0.437. The molecule has 1 heterocycles. The Morgan fingerprint density at radius 1 is 1.60 bits per heavy atom. The van der Waals surface area contributed by atoms with Crippen molar-refractivity contribution in [3.05, 3.63) is 0 Å². The molecule has 0 aromatic rings. The summed E-state index contributed by atoms with van der Waals surface area (Å²) in [4.78, 5) is 0. The van der Waals surface area contributed by atoms with E-state index < -0.39 is 0 Å². The topological polar surface area (TPSA) is 27.7 Å². The summed E-state index contributed by atoms with van der Waals surface area (Å²) in [7, 11) is 3.36. The summed E-state index contributed by atoms with van der Waals surface area (Å²) in [5.41, 5.74) is 0. The first-order valence-electron chi connectivity index (χ1n) is 3.52.